The predicted molar refractivity (Wildman–Crippen MR) is 66.1 cm³/mol. The molecule has 0 saturated carbocycles. The summed E-state index contributed by atoms with van der Waals surface area (Å²) in [7, 11) is 0. The van der Waals surface area contributed by atoms with E-state index in [1.807, 2.05) is 0 Å². The second kappa shape index (κ2) is 5.26. The van der Waals surface area contributed by atoms with Crippen molar-refractivity contribution in [3.63, 3.8) is 0 Å². The van der Waals surface area contributed by atoms with Gasteiger partial charge in [-0.2, -0.15) is 11.3 Å². The maximum Gasteiger partial charge on any atom is 0.0507 e. The molecule has 0 amide bonds. The number of halogens is 1. The van der Waals surface area contributed by atoms with Crippen LogP contribution < -0.4 is 11.3 Å². The van der Waals surface area contributed by atoms with E-state index < -0.39 is 0 Å². The highest BCUT2D eigenvalue weighted by Crippen LogP contribution is 2.33. The van der Waals surface area contributed by atoms with Crippen molar-refractivity contribution in [1.82, 2.24) is 5.43 Å². The summed E-state index contributed by atoms with van der Waals surface area (Å²) in [6.45, 7) is 6.66. The standard InChI is InChI=1S/C10H17BrN2S/c1-6(2)7(3)10(13-12)8-4-14-5-9(8)11/h4-7,10,13H,12H2,1-3H3. The van der Waals surface area contributed by atoms with Crippen LogP contribution in [0.15, 0.2) is 15.2 Å². The van der Waals surface area contributed by atoms with Crippen LogP contribution in [-0.4, -0.2) is 0 Å². The van der Waals surface area contributed by atoms with Crippen LogP contribution in [0.1, 0.15) is 32.4 Å². The van der Waals surface area contributed by atoms with Crippen molar-refractivity contribution in [3.05, 3.63) is 20.8 Å². The molecule has 2 atom stereocenters. The van der Waals surface area contributed by atoms with Crippen LogP contribution >= 0.6 is 27.3 Å². The van der Waals surface area contributed by atoms with Crippen molar-refractivity contribution in [3.8, 4) is 0 Å². The summed E-state index contributed by atoms with van der Waals surface area (Å²) in [6.07, 6.45) is 0. The minimum absolute atomic E-state index is 0.232. The fourth-order valence-corrected chi connectivity index (χ4v) is 3.00. The van der Waals surface area contributed by atoms with Gasteiger partial charge in [-0.1, -0.05) is 20.8 Å². The van der Waals surface area contributed by atoms with Crippen molar-refractivity contribution in [2.75, 3.05) is 0 Å². The van der Waals surface area contributed by atoms with E-state index in [-0.39, 0.29) is 6.04 Å². The Labute approximate surface area is 98.0 Å². The van der Waals surface area contributed by atoms with Crippen molar-refractivity contribution in [2.45, 2.75) is 26.8 Å². The topological polar surface area (TPSA) is 38.0 Å². The lowest BCUT2D eigenvalue weighted by atomic mass is 9.87. The second-order valence-corrected chi connectivity index (χ2v) is 5.52. The molecule has 0 saturated heterocycles. The van der Waals surface area contributed by atoms with Gasteiger partial charge in [0, 0.05) is 9.85 Å². The van der Waals surface area contributed by atoms with Crippen molar-refractivity contribution >= 4 is 27.3 Å². The third-order valence-electron chi connectivity index (χ3n) is 2.73. The van der Waals surface area contributed by atoms with Gasteiger partial charge in [-0.05, 0) is 38.7 Å². The molecule has 1 aromatic heterocycles. The minimum Gasteiger partial charge on any atom is -0.271 e. The summed E-state index contributed by atoms with van der Waals surface area (Å²) in [5.41, 5.74) is 4.17. The Morgan fingerprint density at radius 1 is 1.36 bits per heavy atom. The molecule has 2 unspecified atom stereocenters. The number of rotatable bonds is 4. The zero-order valence-corrected chi connectivity index (χ0v) is 11.2. The molecule has 14 heavy (non-hydrogen) atoms. The molecule has 1 rings (SSSR count). The lowest BCUT2D eigenvalue weighted by Gasteiger charge is -2.26. The molecule has 0 spiro atoms. The van der Waals surface area contributed by atoms with Crippen molar-refractivity contribution in [2.24, 2.45) is 17.7 Å². The van der Waals surface area contributed by atoms with E-state index in [1.54, 1.807) is 11.3 Å². The van der Waals surface area contributed by atoms with Crippen LogP contribution in [0.5, 0.6) is 0 Å². The molecule has 4 heteroatoms. The highest BCUT2D eigenvalue weighted by Gasteiger charge is 2.22. The Bertz CT molecular complexity index is 285. The SMILES string of the molecule is CC(C)C(C)C(NN)c1cscc1Br. The van der Waals surface area contributed by atoms with E-state index in [0.717, 1.165) is 4.47 Å². The first-order chi connectivity index (χ1) is 6.57. The van der Waals surface area contributed by atoms with Gasteiger partial charge in [-0.3, -0.25) is 11.3 Å². The zero-order valence-electron chi connectivity index (χ0n) is 8.75. The average Bonchev–Trinajstić information content (AvgIpc) is 2.53. The first-order valence-electron chi connectivity index (χ1n) is 4.75. The molecule has 0 aliphatic carbocycles. The van der Waals surface area contributed by atoms with Crippen molar-refractivity contribution in [1.29, 1.82) is 0 Å². The Morgan fingerprint density at radius 2 is 2.00 bits per heavy atom. The molecular weight excluding hydrogens is 260 g/mol. The zero-order chi connectivity index (χ0) is 10.7. The molecule has 1 heterocycles. The van der Waals surface area contributed by atoms with Crippen molar-refractivity contribution < 1.29 is 0 Å². The summed E-state index contributed by atoms with van der Waals surface area (Å²) < 4.78 is 1.15. The Balaban J connectivity index is 2.87. The number of hydrogen-bond donors (Lipinski definition) is 2. The number of hydrogen-bond acceptors (Lipinski definition) is 3. The van der Waals surface area contributed by atoms with Gasteiger partial charge in [0.1, 0.15) is 0 Å². The summed E-state index contributed by atoms with van der Waals surface area (Å²) in [4.78, 5) is 0. The molecule has 0 aromatic carbocycles. The highest BCUT2D eigenvalue weighted by molar-refractivity contribution is 9.10. The summed E-state index contributed by atoms with van der Waals surface area (Å²) in [6, 6.07) is 0.232. The van der Waals surface area contributed by atoms with E-state index in [9.17, 15) is 0 Å². The average molecular weight is 277 g/mol. The smallest absolute Gasteiger partial charge is 0.0507 e. The van der Waals surface area contributed by atoms with E-state index >= 15 is 0 Å². The third-order valence-corrected chi connectivity index (χ3v) is 4.49. The summed E-state index contributed by atoms with van der Waals surface area (Å²) in [5, 5.41) is 4.24. The van der Waals surface area contributed by atoms with E-state index in [2.05, 4.69) is 52.9 Å². The first kappa shape index (κ1) is 12.2. The van der Waals surface area contributed by atoms with Crippen LogP contribution in [0, 0.1) is 11.8 Å². The van der Waals surface area contributed by atoms with Crippen LogP contribution in [0.3, 0.4) is 0 Å². The molecule has 0 fully saturated rings. The first-order valence-corrected chi connectivity index (χ1v) is 6.49. The summed E-state index contributed by atoms with van der Waals surface area (Å²) in [5.74, 6) is 6.74. The van der Waals surface area contributed by atoms with Gasteiger partial charge >= 0.3 is 0 Å². The molecule has 80 valence electrons. The van der Waals surface area contributed by atoms with Gasteiger partial charge in [-0.15, -0.1) is 0 Å². The highest BCUT2D eigenvalue weighted by atomic mass is 79.9. The van der Waals surface area contributed by atoms with Crippen LogP contribution in [0.4, 0.5) is 0 Å². The largest absolute Gasteiger partial charge is 0.271 e. The quantitative estimate of drug-likeness (QED) is 0.654. The molecule has 3 N–H and O–H groups in total. The monoisotopic (exact) mass is 276 g/mol. The predicted octanol–water partition coefficient (Wildman–Crippen LogP) is 3.31. The number of nitrogens with two attached hydrogens (primary N) is 1. The van der Waals surface area contributed by atoms with E-state index in [1.165, 1.54) is 5.56 Å². The Kier molecular flexibility index (Phi) is 4.57. The van der Waals surface area contributed by atoms with E-state index in [0.29, 0.717) is 11.8 Å². The van der Waals surface area contributed by atoms with Gasteiger partial charge in [0.25, 0.3) is 0 Å². The molecule has 2 nitrogen and oxygen atoms in total. The fraction of sp³-hybridized carbons (Fsp3) is 0.600. The Morgan fingerprint density at radius 3 is 2.36 bits per heavy atom. The minimum atomic E-state index is 0.232. The molecule has 0 aliphatic rings. The number of nitrogens with one attached hydrogen (secondary N) is 1. The lowest BCUT2D eigenvalue weighted by molar-refractivity contribution is 0.306. The number of thiophene rings is 1. The fourth-order valence-electron chi connectivity index (χ4n) is 1.42. The Hall–Kier alpha value is 0.100. The van der Waals surface area contributed by atoms with Crippen LogP contribution in [0.25, 0.3) is 0 Å². The van der Waals surface area contributed by atoms with Gasteiger partial charge in [-0.25, -0.2) is 0 Å². The van der Waals surface area contributed by atoms with Gasteiger partial charge in [0.15, 0.2) is 0 Å². The van der Waals surface area contributed by atoms with E-state index in [4.69, 9.17) is 5.84 Å². The van der Waals surface area contributed by atoms with Gasteiger partial charge in [0.05, 0.1) is 6.04 Å². The number of hydrazine groups is 1. The van der Waals surface area contributed by atoms with Crippen LogP contribution in [0.2, 0.25) is 0 Å². The molecule has 0 bridgehead atoms. The van der Waals surface area contributed by atoms with Gasteiger partial charge in [0.2, 0.25) is 0 Å². The molecule has 0 aliphatic heterocycles. The molecular formula is C10H17BrN2S. The maximum atomic E-state index is 5.61. The van der Waals surface area contributed by atoms with Gasteiger partial charge < -0.3 is 0 Å². The second-order valence-electron chi connectivity index (χ2n) is 3.92. The maximum absolute atomic E-state index is 5.61. The molecule has 1 aromatic rings. The van der Waals surface area contributed by atoms with Crippen LogP contribution in [-0.2, 0) is 0 Å². The molecule has 0 radical (unpaired) electrons. The third kappa shape index (κ3) is 2.57. The summed E-state index contributed by atoms with van der Waals surface area (Å²) >= 11 is 5.24. The lowest BCUT2D eigenvalue weighted by Crippen LogP contribution is -2.34. The normalized spacial score (nSPS) is 15.9.